The standard InChI is InChI=1S/C16H21N3O3/c1-4-21-18-14(20)9-10-15-17-16(19-22-15)13-7-5-12(6-8-13)11(2)3/h5-8,11H,4,9-10H2,1-3H3,(H,18,20). The van der Waals surface area contributed by atoms with E-state index in [2.05, 4.69) is 41.6 Å². The van der Waals surface area contributed by atoms with Gasteiger partial charge in [0.15, 0.2) is 0 Å². The molecule has 0 spiro atoms. The van der Waals surface area contributed by atoms with Crippen molar-refractivity contribution in [3.63, 3.8) is 0 Å². The Labute approximate surface area is 129 Å². The van der Waals surface area contributed by atoms with Crippen LogP contribution in [0.15, 0.2) is 28.8 Å². The van der Waals surface area contributed by atoms with Gasteiger partial charge in [-0.05, 0) is 18.4 Å². The topological polar surface area (TPSA) is 77.2 Å². The number of hydrogen-bond acceptors (Lipinski definition) is 5. The Morgan fingerprint density at radius 2 is 2.05 bits per heavy atom. The largest absolute Gasteiger partial charge is 0.339 e. The average Bonchev–Trinajstić information content (AvgIpc) is 3.00. The zero-order valence-corrected chi connectivity index (χ0v) is 13.1. The minimum absolute atomic E-state index is 0.206. The van der Waals surface area contributed by atoms with Gasteiger partial charge in [0, 0.05) is 18.4 Å². The van der Waals surface area contributed by atoms with Crippen LogP contribution in [0.2, 0.25) is 0 Å². The van der Waals surface area contributed by atoms with Crippen molar-refractivity contribution in [3.05, 3.63) is 35.7 Å². The van der Waals surface area contributed by atoms with Crippen molar-refractivity contribution in [2.24, 2.45) is 0 Å². The number of benzene rings is 1. The molecule has 6 heteroatoms. The van der Waals surface area contributed by atoms with Gasteiger partial charge in [-0.15, -0.1) is 0 Å². The molecule has 0 unspecified atom stereocenters. The van der Waals surface area contributed by atoms with E-state index in [4.69, 9.17) is 9.36 Å². The van der Waals surface area contributed by atoms with Gasteiger partial charge in [-0.1, -0.05) is 43.3 Å². The number of nitrogens with zero attached hydrogens (tertiary/aromatic N) is 2. The highest BCUT2D eigenvalue weighted by molar-refractivity contribution is 5.74. The van der Waals surface area contributed by atoms with Crippen molar-refractivity contribution < 1.29 is 14.2 Å². The number of aryl methyl sites for hydroxylation is 1. The Morgan fingerprint density at radius 3 is 2.68 bits per heavy atom. The zero-order valence-electron chi connectivity index (χ0n) is 13.1. The van der Waals surface area contributed by atoms with E-state index in [1.165, 1.54) is 5.56 Å². The predicted octanol–water partition coefficient (Wildman–Crippen LogP) is 2.86. The quantitative estimate of drug-likeness (QED) is 0.796. The smallest absolute Gasteiger partial charge is 0.244 e. The molecule has 1 aromatic carbocycles. The molecule has 1 N–H and O–H groups in total. The molecular formula is C16H21N3O3. The first-order valence-corrected chi connectivity index (χ1v) is 7.43. The number of hydrogen-bond donors (Lipinski definition) is 1. The fourth-order valence-electron chi connectivity index (χ4n) is 1.91. The molecular weight excluding hydrogens is 282 g/mol. The number of aromatic nitrogens is 2. The second-order valence-corrected chi connectivity index (χ2v) is 5.25. The third-order valence-electron chi connectivity index (χ3n) is 3.20. The zero-order chi connectivity index (χ0) is 15.9. The molecule has 0 saturated heterocycles. The molecule has 2 rings (SSSR count). The lowest BCUT2D eigenvalue weighted by molar-refractivity contribution is -0.133. The van der Waals surface area contributed by atoms with Gasteiger partial charge in [0.25, 0.3) is 0 Å². The number of hydroxylamine groups is 1. The van der Waals surface area contributed by atoms with Crippen LogP contribution >= 0.6 is 0 Å². The lowest BCUT2D eigenvalue weighted by Crippen LogP contribution is -2.23. The van der Waals surface area contributed by atoms with Gasteiger partial charge in [-0.2, -0.15) is 4.98 Å². The Morgan fingerprint density at radius 1 is 1.32 bits per heavy atom. The minimum atomic E-state index is -0.206. The number of rotatable bonds is 7. The van der Waals surface area contributed by atoms with E-state index >= 15 is 0 Å². The summed E-state index contributed by atoms with van der Waals surface area (Å²) in [6, 6.07) is 8.08. The maximum atomic E-state index is 11.4. The normalized spacial score (nSPS) is 10.9. The van der Waals surface area contributed by atoms with Gasteiger partial charge < -0.3 is 4.52 Å². The van der Waals surface area contributed by atoms with Crippen molar-refractivity contribution in [2.75, 3.05) is 6.61 Å². The van der Waals surface area contributed by atoms with Gasteiger partial charge in [0.2, 0.25) is 17.6 Å². The second kappa shape index (κ2) is 7.70. The van der Waals surface area contributed by atoms with Gasteiger partial charge in [0.05, 0.1) is 6.61 Å². The summed E-state index contributed by atoms with van der Waals surface area (Å²) in [6.07, 6.45) is 0.629. The molecule has 1 heterocycles. The van der Waals surface area contributed by atoms with Crippen molar-refractivity contribution in [1.29, 1.82) is 0 Å². The summed E-state index contributed by atoms with van der Waals surface area (Å²) in [5, 5.41) is 3.95. The number of carbonyl (C=O) groups excluding carboxylic acids is 1. The van der Waals surface area contributed by atoms with E-state index in [9.17, 15) is 4.79 Å². The molecule has 118 valence electrons. The predicted molar refractivity (Wildman–Crippen MR) is 81.9 cm³/mol. The van der Waals surface area contributed by atoms with Crippen molar-refractivity contribution in [1.82, 2.24) is 15.6 Å². The molecule has 1 aromatic heterocycles. The minimum Gasteiger partial charge on any atom is -0.339 e. The molecule has 6 nitrogen and oxygen atoms in total. The van der Waals surface area contributed by atoms with E-state index in [0.29, 0.717) is 30.7 Å². The fraction of sp³-hybridized carbons (Fsp3) is 0.438. The molecule has 0 atom stereocenters. The summed E-state index contributed by atoms with van der Waals surface area (Å²) < 4.78 is 5.17. The van der Waals surface area contributed by atoms with Gasteiger partial charge in [-0.3, -0.25) is 9.63 Å². The monoisotopic (exact) mass is 303 g/mol. The highest BCUT2D eigenvalue weighted by Gasteiger charge is 2.11. The summed E-state index contributed by atoms with van der Waals surface area (Å²) in [6.45, 7) is 6.53. The van der Waals surface area contributed by atoms with Gasteiger partial charge in [-0.25, -0.2) is 5.48 Å². The van der Waals surface area contributed by atoms with E-state index in [1.807, 2.05) is 12.1 Å². The van der Waals surface area contributed by atoms with E-state index < -0.39 is 0 Å². The highest BCUT2D eigenvalue weighted by Crippen LogP contribution is 2.20. The molecule has 0 radical (unpaired) electrons. The Bertz CT molecular complexity index is 605. The van der Waals surface area contributed by atoms with Crippen LogP contribution in [-0.2, 0) is 16.1 Å². The molecule has 0 fully saturated rings. The van der Waals surface area contributed by atoms with Crippen LogP contribution in [0.3, 0.4) is 0 Å². The third kappa shape index (κ3) is 4.39. The van der Waals surface area contributed by atoms with Crippen LogP contribution in [0.1, 0.15) is 44.6 Å². The summed E-state index contributed by atoms with van der Waals surface area (Å²) in [5.41, 5.74) is 4.49. The van der Waals surface area contributed by atoms with E-state index in [1.54, 1.807) is 6.92 Å². The van der Waals surface area contributed by atoms with Crippen LogP contribution in [-0.4, -0.2) is 22.7 Å². The molecule has 1 amide bonds. The van der Waals surface area contributed by atoms with Crippen LogP contribution < -0.4 is 5.48 Å². The highest BCUT2D eigenvalue weighted by atomic mass is 16.6. The molecule has 0 saturated carbocycles. The van der Waals surface area contributed by atoms with Gasteiger partial charge in [0.1, 0.15) is 0 Å². The first kappa shape index (κ1) is 16.2. The van der Waals surface area contributed by atoms with Crippen molar-refractivity contribution >= 4 is 5.91 Å². The van der Waals surface area contributed by atoms with Crippen molar-refractivity contribution in [3.8, 4) is 11.4 Å². The molecule has 0 aliphatic rings. The molecule has 0 aliphatic heterocycles. The first-order valence-electron chi connectivity index (χ1n) is 7.43. The van der Waals surface area contributed by atoms with Crippen LogP contribution in [0, 0.1) is 0 Å². The van der Waals surface area contributed by atoms with E-state index in [-0.39, 0.29) is 12.3 Å². The van der Waals surface area contributed by atoms with Crippen LogP contribution in [0.25, 0.3) is 11.4 Å². The van der Waals surface area contributed by atoms with E-state index in [0.717, 1.165) is 5.56 Å². The maximum absolute atomic E-state index is 11.4. The Hall–Kier alpha value is -2.21. The summed E-state index contributed by atoms with van der Waals surface area (Å²) in [7, 11) is 0. The molecule has 2 aromatic rings. The third-order valence-corrected chi connectivity index (χ3v) is 3.20. The van der Waals surface area contributed by atoms with Crippen LogP contribution in [0.4, 0.5) is 0 Å². The summed E-state index contributed by atoms with van der Waals surface area (Å²) in [5.74, 6) is 1.26. The van der Waals surface area contributed by atoms with Gasteiger partial charge >= 0.3 is 0 Å². The first-order chi connectivity index (χ1) is 10.6. The van der Waals surface area contributed by atoms with Crippen LogP contribution in [0.5, 0.6) is 0 Å². The number of nitrogens with one attached hydrogen (secondary N) is 1. The Kier molecular flexibility index (Phi) is 5.66. The van der Waals surface area contributed by atoms with Crippen molar-refractivity contribution in [2.45, 2.75) is 39.5 Å². The number of carbonyl (C=O) groups is 1. The average molecular weight is 303 g/mol. The summed E-state index contributed by atoms with van der Waals surface area (Å²) in [4.78, 5) is 20.6. The molecule has 22 heavy (non-hydrogen) atoms. The maximum Gasteiger partial charge on any atom is 0.244 e. The lowest BCUT2D eigenvalue weighted by Gasteiger charge is -2.04. The fourth-order valence-corrected chi connectivity index (χ4v) is 1.91. The SMILES string of the molecule is CCONC(=O)CCc1nc(-c2ccc(C(C)C)cc2)no1. The lowest BCUT2D eigenvalue weighted by atomic mass is 10.0. The molecule has 0 aliphatic carbocycles. The molecule has 0 bridgehead atoms. The number of amides is 1. The second-order valence-electron chi connectivity index (χ2n) is 5.25. The summed E-state index contributed by atoms with van der Waals surface area (Å²) >= 11 is 0. The Balaban J connectivity index is 1.94.